The minimum atomic E-state index is -0.350. The van der Waals surface area contributed by atoms with Crippen molar-refractivity contribution in [2.75, 3.05) is 11.9 Å². The van der Waals surface area contributed by atoms with Gasteiger partial charge < -0.3 is 5.32 Å². The third-order valence-electron chi connectivity index (χ3n) is 5.04. The summed E-state index contributed by atoms with van der Waals surface area (Å²) in [6, 6.07) is 9.66. The zero-order chi connectivity index (χ0) is 19.5. The summed E-state index contributed by atoms with van der Waals surface area (Å²) in [5.41, 5.74) is 1.94. The number of hydrogen-bond acceptors (Lipinski definition) is 5. The molecule has 28 heavy (non-hydrogen) atoms. The van der Waals surface area contributed by atoms with Gasteiger partial charge in [0.1, 0.15) is 6.54 Å². The first-order chi connectivity index (χ1) is 13.6. The second-order valence-corrected chi connectivity index (χ2v) is 8.68. The van der Waals surface area contributed by atoms with Crippen molar-refractivity contribution >= 4 is 46.5 Å². The van der Waals surface area contributed by atoms with Crippen molar-refractivity contribution in [2.24, 2.45) is 11.8 Å². The van der Waals surface area contributed by atoms with Gasteiger partial charge in [-0.15, -0.1) is 11.8 Å². The number of carbonyl (C=O) groups is 3. The zero-order valence-electron chi connectivity index (χ0n) is 15.2. The van der Waals surface area contributed by atoms with Gasteiger partial charge in [0.15, 0.2) is 0 Å². The Hall–Kier alpha value is -2.38. The number of fused-ring (bicyclic) bond motifs is 1. The van der Waals surface area contributed by atoms with E-state index in [1.165, 1.54) is 5.56 Å². The quantitative estimate of drug-likeness (QED) is 0.444. The number of thiophene rings is 1. The molecule has 0 radical (unpaired) electrons. The van der Waals surface area contributed by atoms with E-state index in [1.54, 1.807) is 23.1 Å². The summed E-state index contributed by atoms with van der Waals surface area (Å²) in [6.45, 7) is -0.228. The number of hydrogen-bond donors (Lipinski definition) is 1. The summed E-state index contributed by atoms with van der Waals surface area (Å²) < 4.78 is 0. The number of para-hydroxylation sites is 1. The highest BCUT2D eigenvalue weighted by Gasteiger charge is 2.47. The Morgan fingerprint density at radius 2 is 1.82 bits per heavy atom. The van der Waals surface area contributed by atoms with E-state index < -0.39 is 0 Å². The van der Waals surface area contributed by atoms with Crippen LogP contribution in [0.5, 0.6) is 0 Å². The Morgan fingerprint density at radius 3 is 2.50 bits per heavy atom. The van der Waals surface area contributed by atoms with E-state index in [9.17, 15) is 14.4 Å². The molecule has 3 amide bonds. The molecule has 1 aromatic heterocycles. The number of allylic oxidation sites excluding steroid dienone is 2. The van der Waals surface area contributed by atoms with E-state index in [1.807, 2.05) is 41.8 Å². The lowest BCUT2D eigenvalue weighted by atomic mass is 9.85. The van der Waals surface area contributed by atoms with Gasteiger partial charge in [0, 0.05) is 10.6 Å². The molecule has 144 valence electrons. The summed E-state index contributed by atoms with van der Waals surface area (Å²) in [4.78, 5) is 39.7. The van der Waals surface area contributed by atoms with E-state index in [4.69, 9.17) is 0 Å². The van der Waals surface area contributed by atoms with E-state index in [-0.39, 0.29) is 36.1 Å². The van der Waals surface area contributed by atoms with Crippen LogP contribution in [0.3, 0.4) is 0 Å². The molecule has 1 saturated heterocycles. The summed E-state index contributed by atoms with van der Waals surface area (Å²) >= 11 is 3.30. The number of nitrogens with one attached hydrogen (secondary N) is 1. The predicted octanol–water partition coefficient (Wildman–Crippen LogP) is 3.93. The highest BCUT2D eigenvalue weighted by molar-refractivity contribution is 7.98. The molecule has 2 aliphatic rings. The highest BCUT2D eigenvalue weighted by Crippen LogP contribution is 2.35. The number of thioether (sulfide) groups is 1. The van der Waals surface area contributed by atoms with Crippen molar-refractivity contribution in [2.45, 2.75) is 23.5 Å². The van der Waals surface area contributed by atoms with Crippen LogP contribution < -0.4 is 5.32 Å². The SMILES string of the molecule is O=C(CN1C(=O)C2CC=CCC2C1=O)Nc1ccccc1SCc1ccsc1. The van der Waals surface area contributed by atoms with Crippen LogP contribution in [0.4, 0.5) is 5.69 Å². The molecule has 1 aliphatic carbocycles. The maximum atomic E-state index is 12.6. The second kappa shape index (κ2) is 8.32. The molecule has 1 aliphatic heterocycles. The first-order valence-electron chi connectivity index (χ1n) is 9.16. The molecular formula is C21H20N2O3S2. The number of benzene rings is 1. The van der Waals surface area contributed by atoms with E-state index >= 15 is 0 Å². The van der Waals surface area contributed by atoms with Gasteiger partial charge in [-0.1, -0.05) is 24.3 Å². The van der Waals surface area contributed by atoms with Crippen molar-refractivity contribution < 1.29 is 14.4 Å². The van der Waals surface area contributed by atoms with Crippen LogP contribution in [-0.2, 0) is 20.1 Å². The highest BCUT2D eigenvalue weighted by atomic mass is 32.2. The number of likely N-dealkylation sites (tertiary alicyclic amines) is 1. The van der Waals surface area contributed by atoms with Crippen molar-refractivity contribution in [1.82, 2.24) is 4.90 Å². The van der Waals surface area contributed by atoms with Gasteiger partial charge in [-0.3, -0.25) is 19.3 Å². The third kappa shape index (κ3) is 3.91. The molecule has 5 nitrogen and oxygen atoms in total. The average molecular weight is 413 g/mol. The van der Waals surface area contributed by atoms with Gasteiger partial charge in [-0.2, -0.15) is 11.3 Å². The lowest BCUT2D eigenvalue weighted by Crippen LogP contribution is -2.38. The molecular weight excluding hydrogens is 392 g/mol. The molecule has 4 rings (SSSR count). The van der Waals surface area contributed by atoms with Gasteiger partial charge >= 0.3 is 0 Å². The maximum absolute atomic E-state index is 12.6. The molecule has 1 aromatic carbocycles. The van der Waals surface area contributed by atoms with Gasteiger partial charge in [-0.25, -0.2) is 0 Å². The topological polar surface area (TPSA) is 66.5 Å². The van der Waals surface area contributed by atoms with Gasteiger partial charge in [-0.05, 0) is 47.4 Å². The molecule has 7 heteroatoms. The van der Waals surface area contributed by atoms with Crippen molar-refractivity contribution in [3.05, 3.63) is 58.8 Å². The number of amides is 3. The minimum absolute atomic E-state index is 0.227. The van der Waals surface area contributed by atoms with Crippen molar-refractivity contribution in [3.63, 3.8) is 0 Å². The molecule has 2 heterocycles. The van der Waals surface area contributed by atoms with Crippen LogP contribution in [0.15, 0.2) is 58.1 Å². The summed E-state index contributed by atoms with van der Waals surface area (Å²) in [6.07, 6.45) is 5.04. The van der Waals surface area contributed by atoms with Gasteiger partial charge in [0.2, 0.25) is 17.7 Å². The molecule has 0 bridgehead atoms. The van der Waals surface area contributed by atoms with Gasteiger partial charge in [0.25, 0.3) is 0 Å². The fourth-order valence-corrected chi connectivity index (χ4v) is 5.32. The lowest BCUT2D eigenvalue weighted by Gasteiger charge is -2.16. The van der Waals surface area contributed by atoms with Crippen LogP contribution in [-0.4, -0.2) is 29.2 Å². The molecule has 2 unspecified atom stereocenters. The van der Waals surface area contributed by atoms with Crippen LogP contribution >= 0.6 is 23.1 Å². The Bertz CT molecular complexity index is 897. The number of rotatable bonds is 6. The van der Waals surface area contributed by atoms with Crippen LogP contribution in [0.25, 0.3) is 0 Å². The van der Waals surface area contributed by atoms with Crippen LogP contribution in [0, 0.1) is 11.8 Å². The minimum Gasteiger partial charge on any atom is -0.324 e. The zero-order valence-corrected chi connectivity index (χ0v) is 16.8. The van der Waals surface area contributed by atoms with Crippen molar-refractivity contribution in [3.8, 4) is 0 Å². The summed E-state index contributed by atoms with van der Waals surface area (Å²) in [5.74, 6) is -0.603. The first kappa shape index (κ1) is 19.0. The van der Waals surface area contributed by atoms with Crippen LogP contribution in [0.1, 0.15) is 18.4 Å². The lowest BCUT2D eigenvalue weighted by molar-refractivity contribution is -0.142. The van der Waals surface area contributed by atoms with Gasteiger partial charge in [0.05, 0.1) is 17.5 Å². The Balaban J connectivity index is 1.40. The molecule has 1 fully saturated rings. The summed E-state index contributed by atoms with van der Waals surface area (Å²) in [7, 11) is 0. The summed E-state index contributed by atoms with van der Waals surface area (Å²) in [5, 5.41) is 7.02. The largest absolute Gasteiger partial charge is 0.324 e. The Morgan fingerprint density at radius 1 is 1.11 bits per heavy atom. The standard InChI is InChI=1S/C21H20N2O3S2/c24-19(11-23-20(25)15-5-1-2-6-16(15)21(23)26)22-17-7-3-4-8-18(17)28-13-14-9-10-27-12-14/h1-4,7-10,12,15-16H,5-6,11,13H2,(H,22,24). The molecule has 0 spiro atoms. The predicted molar refractivity (Wildman–Crippen MR) is 111 cm³/mol. The third-order valence-corrected chi connectivity index (χ3v) is 6.91. The molecule has 2 atom stereocenters. The Labute approximate surface area is 171 Å². The van der Waals surface area contributed by atoms with E-state index in [0.717, 1.165) is 15.5 Å². The van der Waals surface area contributed by atoms with Crippen LogP contribution in [0.2, 0.25) is 0 Å². The van der Waals surface area contributed by atoms with Crippen molar-refractivity contribution in [1.29, 1.82) is 0 Å². The second-order valence-electron chi connectivity index (χ2n) is 6.88. The molecule has 1 N–H and O–H groups in total. The normalized spacial score (nSPS) is 21.1. The maximum Gasteiger partial charge on any atom is 0.244 e. The van der Waals surface area contributed by atoms with E-state index in [0.29, 0.717) is 18.5 Å². The molecule has 0 saturated carbocycles. The fraction of sp³-hybridized carbons (Fsp3) is 0.286. The van der Waals surface area contributed by atoms with E-state index in [2.05, 4.69) is 16.8 Å². The molecule has 2 aromatic rings. The monoisotopic (exact) mass is 412 g/mol. The smallest absolute Gasteiger partial charge is 0.244 e. The number of anilines is 1. The number of imide groups is 1. The average Bonchev–Trinajstić information content (AvgIpc) is 3.31. The Kier molecular flexibility index (Phi) is 5.64. The number of nitrogens with zero attached hydrogens (tertiary/aromatic N) is 1. The number of carbonyl (C=O) groups excluding carboxylic acids is 3. The first-order valence-corrected chi connectivity index (χ1v) is 11.1. The fourth-order valence-electron chi connectivity index (χ4n) is 3.59.